The second-order valence-electron chi connectivity index (χ2n) is 4.49. The minimum Gasteiger partial charge on any atom is -0.294 e. The Morgan fingerprint density at radius 1 is 0.762 bits per heavy atom. The third-order valence-corrected chi connectivity index (χ3v) is 4.40. The summed E-state index contributed by atoms with van der Waals surface area (Å²) in [5.41, 5.74) is 0.619. The molecule has 0 spiro atoms. The highest BCUT2D eigenvalue weighted by atomic mass is 32.1. The summed E-state index contributed by atoms with van der Waals surface area (Å²) in [6.07, 6.45) is 0.550. The van der Waals surface area contributed by atoms with Gasteiger partial charge in [0.25, 0.3) is 0 Å². The molecule has 21 heavy (non-hydrogen) atoms. The van der Waals surface area contributed by atoms with Crippen molar-refractivity contribution < 1.29 is 19.2 Å². The van der Waals surface area contributed by atoms with Crippen molar-refractivity contribution in [2.75, 3.05) is 0 Å². The second kappa shape index (κ2) is 5.03. The van der Waals surface area contributed by atoms with Gasteiger partial charge in [-0.2, -0.15) is 0 Å². The molecule has 5 heteroatoms. The standard InChI is InChI=1S/C16H8O4S/c17-7-13(19)9-1-3-15-11(5-9)12-6-10(14(20)8-18)2-4-16(12)21-15/h1-8H. The van der Waals surface area contributed by atoms with E-state index in [0.717, 1.165) is 20.2 Å². The first kappa shape index (κ1) is 13.3. The third kappa shape index (κ3) is 2.17. The van der Waals surface area contributed by atoms with Crippen LogP contribution in [-0.4, -0.2) is 24.1 Å². The Morgan fingerprint density at radius 2 is 1.19 bits per heavy atom. The summed E-state index contributed by atoms with van der Waals surface area (Å²) >= 11 is 1.52. The number of fused-ring (bicyclic) bond motifs is 3. The van der Waals surface area contributed by atoms with Crippen LogP contribution in [0.1, 0.15) is 20.7 Å². The highest BCUT2D eigenvalue weighted by molar-refractivity contribution is 7.25. The van der Waals surface area contributed by atoms with Crippen molar-refractivity contribution >= 4 is 55.6 Å². The molecule has 1 aromatic heterocycles. The average Bonchev–Trinajstić information content (AvgIpc) is 2.90. The van der Waals surface area contributed by atoms with Crippen molar-refractivity contribution in [1.29, 1.82) is 0 Å². The number of thiophene rings is 1. The second-order valence-corrected chi connectivity index (χ2v) is 5.57. The molecule has 0 amide bonds. The monoisotopic (exact) mass is 296 g/mol. The summed E-state index contributed by atoms with van der Waals surface area (Å²) in [6.45, 7) is 0. The van der Waals surface area contributed by atoms with Gasteiger partial charge in [-0.25, -0.2) is 0 Å². The predicted molar refractivity (Wildman–Crippen MR) is 80.1 cm³/mol. The van der Waals surface area contributed by atoms with Crippen molar-refractivity contribution in [3.05, 3.63) is 47.5 Å². The predicted octanol–water partition coefficient (Wildman–Crippen LogP) is 2.82. The van der Waals surface area contributed by atoms with E-state index in [4.69, 9.17) is 0 Å². The van der Waals surface area contributed by atoms with Gasteiger partial charge in [-0.15, -0.1) is 11.3 Å². The molecule has 3 rings (SSSR count). The minimum absolute atomic E-state index is 0.275. The number of carbonyl (C=O) groups excluding carboxylic acids is 4. The van der Waals surface area contributed by atoms with E-state index in [1.165, 1.54) is 11.3 Å². The van der Waals surface area contributed by atoms with Gasteiger partial charge in [0.05, 0.1) is 0 Å². The van der Waals surface area contributed by atoms with Crippen molar-refractivity contribution in [2.45, 2.75) is 0 Å². The van der Waals surface area contributed by atoms with Crippen molar-refractivity contribution in [1.82, 2.24) is 0 Å². The molecule has 0 radical (unpaired) electrons. The van der Waals surface area contributed by atoms with E-state index in [0.29, 0.717) is 11.1 Å². The van der Waals surface area contributed by atoms with Crippen molar-refractivity contribution in [3.63, 3.8) is 0 Å². The van der Waals surface area contributed by atoms with Crippen molar-refractivity contribution in [2.24, 2.45) is 0 Å². The first-order valence-electron chi connectivity index (χ1n) is 6.09. The minimum atomic E-state index is -0.587. The van der Waals surface area contributed by atoms with Crippen LogP contribution in [0.3, 0.4) is 0 Å². The van der Waals surface area contributed by atoms with Gasteiger partial charge in [-0.05, 0) is 36.4 Å². The van der Waals surface area contributed by atoms with Crippen LogP contribution < -0.4 is 0 Å². The molecule has 4 nitrogen and oxygen atoms in total. The zero-order valence-corrected chi connectivity index (χ0v) is 11.5. The lowest BCUT2D eigenvalue weighted by molar-refractivity contribution is -0.105. The van der Waals surface area contributed by atoms with Gasteiger partial charge in [-0.3, -0.25) is 19.2 Å². The molecule has 0 saturated carbocycles. The SMILES string of the molecule is O=CC(=O)c1ccc2sc3ccc(C(=O)C=O)cc3c2c1. The quantitative estimate of drug-likeness (QED) is 0.422. The Balaban J connectivity index is 2.30. The zero-order chi connectivity index (χ0) is 15.0. The first-order chi connectivity index (χ1) is 10.1. The Bertz CT molecular complexity index is 846. The maximum absolute atomic E-state index is 11.5. The zero-order valence-electron chi connectivity index (χ0n) is 10.7. The normalized spacial score (nSPS) is 10.7. The molecule has 0 bridgehead atoms. The van der Waals surface area contributed by atoms with Gasteiger partial charge >= 0.3 is 0 Å². The molecule has 0 aliphatic carbocycles. The number of carbonyl (C=O) groups is 4. The van der Waals surface area contributed by atoms with Gasteiger partial charge < -0.3 is 0 Å². The van der Waals surface area contributed by atoms with E-state index in [2.05, 4.69) is 0 Å². The summed E-state index contributed by atoms with van der Waals surface area (Å²) in [6, 6.07) is 10.0. The molecule has 0 fully saturated rings. The molecule has 0 aliphatic heterocycles. The van der Waals surface area contributed by atoms with Gasteiger partial charge in [-0.1, -0.05) is 0 Å². The number of ketones is 2. The Kier molecular flexibility index (Phi) is 3.19. The average molecular weight is 296 g/mol. The topological polar surface area (TPSA) is 68.3 Å². The fourth-order valence-electron chi connectivity index (χ4n) is 2.22. The van der Waals surface area contributed by atoms with Crippen LogP contribution in [0.5, 0.6) is 0 Å². The maximum atomic E-state index is 11.5. The van der Waals surface area contributed by atoms with Gasteiger partial charge in [0.1, 0.15) is 0 Å². The number of Topliss-reactive ketones (excluding diaryl/α,β-unsaturated/α-hetero) is 2. The number of hydrogen-bond acceptors (Lipinski definition) is 5. The molecule has 3 aromatic rings. The van der Waals surface area contributed by atoms with Gasteiger partial charge in [0.2, 0.25) is 11.6 Å². The fourth-order valence-corrected chi connectivity index (χ4v) is 3.29. The van der Waals surface area contributed by atoms with Crippen LogP contribution in [-0.2, 0) is 9.59 Å². The molecule has 0 aliphatic rings. The van der Waals surface area contributed by atoms with Crippen LogP contribution in [0.15, 0.2) is 36.4 Å². The summed E-state index contributed by atoms with van der Waals surface area (Å²) in [4.78, 5) is 44.1. The number of hydrogen-bond donors (Lipinski definition) is 0. The van der Waals surface area contributed by atoms with Crippen LogP contribution >= 0.6 is 11.3 Å². The third-order valence-electron chi connectivity index (χ3n) is 3.25. The van der Waals surface area contributed by atoms with Gasteiger partial charge in [0.15, 0.2) is 12.6 Å². The molecule has 0 atom stereocenters. The van der Waals surface area contributed by atoms with Crippen LogP contribution in [0.25, 0.3) is 20.2 Å². The number of aldehydes is 2. The molecular weight excluding hydrogens is 288 g/mol. The molecule has 102 valence electrons. The van der Waals surface area contributed by atoms with E-state index in [-0.39, 0.29) is 12.6 Å². The van der Waals surface area contributed by atoms with Crippen LogP contribution in [0.2, 0.25) is 0 Å². The Labute approximate surface area is 123 Å². The van der Waals surface area contributed by atoms with Crippen LogP contribution in [0, 0.1) is 0 Å². The summed E-state index contributed by atoms with van der Waals surface area (Å²) in [7, 11) is 0. The summed E-state index contributed by atoms with van der Waals surface area (Å²) < 4.78 is 1.89. The lowest BCUT2D eigenvalue weighted by atomic mass is 10.0. The Morgan fingerprint density at radius 3 is 1.57 bits per heavy atom. The molecule has 0 unspecified atom stereocenters. The van der Waals surface area contributed by atoms with Gasteiger partial charge in [0, 0.05) is 31.3 Å². The van der Waals surface area contributed by atoms with E-state index in [1.54, 1.807) is 36.4 Å². The highest BCUT2D eigenvalue weighted by Crippen LogP contribution is 2.35. The summed E-state index contributed by atoms with van der Waals surface area (Å²) in [5, 5.41) is 1.59. The molecule has 1 heterocycles. The largest absolute Gasteiger partial charge is 0.294 e. The molecule has 0 N–H and O–H groups in total. The first-order valence-corrected chi connectivity index (χ1v) is 6.91. The van der Waals surface area contributed by atoms with E-state index in [1.807, 2.05) is 0 Å². The van der Waals surface area contributed by atoms with E-state index in [9.17, 15) is 19.2 Å². The van der Waals surface area contributed by atoms with Crippen LogP contribution in [0.4, 0.5) is 0 Å². The molecular formula is C16H8O4S. The van der Waals surface area contributed by atoms with Crippen molar-refractivity contribution in [3.8, 4) is 0 Å². The summed E-state index contributed by atoms with van der Waals surface area (Å²) in [5.74, 6) is -1.17. The molecule has 0 saturated heterocycles. The lowest BCUT2D eigenvalue weighted by Crippen LogP contribution is -1.99. The molecule has 2 aromatic carbocycles. The smallest absolute Gasteiger partial charge is 0.225 e. The number of rotatable bonds is 4. The number of benzene rings is 2. The maximum Gasteiger partial charge on any atom is 0.225 e. The Hall–Kier alpha value is -2.66. The highest BCUT2D eigenvalue weighted by Gasteiger charge is 2.12. The van der Waals surface area contributed by atoms with E-state index >= 15 is 0 Å². The fraction of sp³-hybridized carbons (Fsp3) is 0. The lowest BCUT2D eigenvalue weighted by Gasteiger charge is -1.97. The van der Waals surface area contributed by atoms with E-state index < -0.39 is 11.6 Å².